The first kappa shape index (κ1) is 22.5. The fraction of sp³-hybridized carbons (Fsp3) is 0.214. The van der Waals surface area contributed by atoms with E-state index in [4.69, 9.17) is 0 Å². The molecule has 7 heteroatoms. The second-order valence-electron chi connectivity index (χ2n) is 8.83. The van der Waals surface area contributed by atoms with E-state index < -0.39 is 0 Å². The Kier molecular flexibility index (Phi) is 6.14. The minimum absolute atomic E-state index is 0.148. The highest BCUT2D eigenvalue weighted by molar-refractivity contribution is 6.22. The summed E-state index contributed by atoms with van der Waals surface area (Å²) in [7, 11) is 0. The van der Waals surface area contributed by atoms with E-state index in [9.17, 15) is 19.2 Å². The van der Waals surface area contributed by atoms with Crippen molar-refractivity contribution in [1.29, 1.82) is 0 Å². The lowest BCUT2D eigenvalue weighted by atomic mass is 10.1. The van der Waals surface area contributed by atoms with Crippen LogP contribution in [0.2, 0.25) is 0 Å². The van der Waals surface area contributed by atoms with Gasteiger partial charge in [0.05, 0.1) is 11.1 Å². The number of hydrogen-bond acceptors (Lipinski definition) is 4. The van der Waals surface area contributed by atoms with Crippen molar-refractivity contribution in [3.63, 3.8) is 0 Å². The molecule has 7 nitrogen and oxygen atoms in total. The lowest BCUT2D eigenvalue weighted by molar-refractivity contribution is -0.128. The van der Waals surface area contributed by atoms with Gasteiger partial charge in [0.1, 0.15) is 0 Å². The molecular weight excluding hydrogens is 442 g/mol. The number of nitrogens with zero attached hydrogens (tertiary/aromatic N) is 2. The van der Waals surface area contributed by atoms with E-state index in [-0.39, 0.29) is 35.7 Å². The van der Waals surface area contributed by atoms with Gasteiger partial charge in [-0.3, -0.25) is 24.1 Å². The summed E-state index contributed by atoms with van der Waals surface area (Å²) in [4.78, 5) is 53.6. The molecule has 3 aromatic rings. The predicted molar refractivity (Wildman–Crippen MR) is 131 cm³/mol. The lowest BCUT2D eigenvalue weighted by Gasteiger charge is -2.16. The first-order valence-corrected chi connectivity index (χ1v) is 11.7. The van der Waals surface area contributed by atoms with Crippen molar-refractivity contribution >= 4 is 29.3 Å². The summed E-state index contributed by atoms with van der Waals surface area (Å²) in [6.45, 7) is 1.54. The number of carbonyl (C=O) groups is 4. The fourth-order valence-electron chi connectivity index (χ4n) is 4.56. The Bertz CT molecular complexity index is 1320. The van der Waals surface area contributed by atoms with Gasteiger partial charge in [-0.05, 0) is 54.3 Å². The molecule has 0 radical (unpaired) electrons. The summed E-state index contributed by atoms with van der Waals surface area (Å²) < 4.78 is 0. The highest BCUT2D eigenvalue weighted by Crippen LogP contribution is 2.25. The van der Waals surface area contributed by atoms with Crippen LogP contribution in [0, 0.1) is 0 Å². The van der Waals surface area contributed by atoms with Crippen molar-refractivity contribution < 1.29 is 19.2 Å². The molecule has 1 fully saturated rings. The van der Waals surface area contributed by atoms with E-state index in [0.717, 1.165) is 24.1 Å². The van der Waals surface area contributed by atoms with Crippen molar-refractivity contribution in [3.8, 4) is 0 Å². The number of fused-ring (bicyclic) bond motifs is 1. The molecule has 0 unspecified atom stereocenters. The van der Waals surface area contributed by atoms with Crippen molar-refractivity contribution in [1.82, 2.24) is 9.80 Å². The molecule has 2 aliphatic heterocycles. The van der Waals surface area contributed by atoms with E-state index >= 15 is 0 Å². The van der Waals surface area contributed by atoms with Crippen molar-refractivity contribution in [2.24, 2.45) is 0 Å². The summed E-state index contributed by atoms with van der Waals surface area (Å²) in [6, 6.07) is 21.6. The first-order chi connectivity index (χ1) is 17.0. The second-order valence-corrected chi connectivity index (χ2v) is 8.83. The van der Waals surface area contributed by atoms with Crippen molar-refractivity contribution in [3.05, 3.63) is 101 Å². The van der Waals surface area contributed by atoms with Gasteiger partial charge in [-0.25, -0.2) is 0 Å². The topological polar surface area (TPSA) is 86.8 Å². The Morgan fingerprint density at radius 1 is 0.829 bits per heavy atom. The number of carbonyl (C=O) groups excluding carboxylic acids is 4. The number of amides is 4. The molecule has 0 bridgehead atoms. The van der Waals surface area contributed by atoms with Crippen LogP contribution in [0.15, 0.2) is 72.8 Å². The quantitative estimate of drug-likeness (QED) is 0.534. The number of rotatable bonds is 7. The molecule has 0 aliphatic carbocycles. The van der Waals surface area contributed by atoms with Crippen LogP contribution in [0.1, 0.15) is 55.0 Å². The monoisotopic (exact) mass is 467 g/mol. The van der Waals surface area contributed by atoms with Crippen LogP contribution in [0.25, 0.3) is 0 Å². The number of anilines is 1. The van der Waals surface area contributed by atoms with E-state index in [2.05, 4.69) is 5.32 Å². The normalized spacial score (nSPS) is 15.0. The maximum absolute atomic E-state index is 12.9. The average Bonchev–Trinajstić information content (AvgIpc) is 3.38. The highest BCUT2D eigenvalue weighted by Gasteiger charge is 2.35. The molecule has 0 aromatic heterocycles. The second kappa shape index (κ2) is 9.54. The maximum atomic E-state index is 12.9. The van der Waals surface area contributed by atoms with Gasteiger partial charge in [0.25, 0.3) is 17.7 Å². The third-order valence-electron chi connectivity index (χ3n) is 6.43. The molecule has 1 N–H and O–H groups in total. The van der Waals surface area contributed by atoms with Gasteiger partial charge < -0.3 is 10.2 Å². The number of benzene rings is 3. The van der Waals surface area contributed by atoms with Gasteiger partial charge in [-0.15, -0.1) is 0 Å². The van der Waals surface area contributed by atoms with Crippen LogP contribution in [-0.2, 0) is 17.8 Å². The van der Waals surface area contributed by atoms with Crippen LogP contribution in [0.4, 0.5) is 5.69 Å². The summed E-state index contributed by atoms with van der Waals surface area (Å²) >= 11 is 0. The zero-order valence-electron chi connectivity index (χ0n) is 19.2. The zero-order valence-corrected chi connectivity index (χ0v) is 19.2. The van der Waals surface area contributed by atoms with Crippen molar-refractivity contribution in [2.75, 3.05) is 18.4 Å². The number of imide groups is 1. The molecule has 3 aromatic carbocycles. The third-order valence-corrected chi connectivity index (χ3v) is 6.43. The van der Waals surface area contributed by atoms with Crippen LogP contribution in [0.5, 0.6) is 0 Å². The zero-order chi connectivity index (χ0) is 24.4. The Balaban J connectivity index is 1.27. The fourth-order valence-corrected chi connectivity index (χ4v) is 4.56. The van der Waals surface area contributed by atoms with Gasteiger partial charge >= 0.3 is 0 Å². The molecule has 5 rings (SSSR count). The Labute approximate surface area is 203 Å². The first-order valence-electron chi connectivity index (χ1n) is 11.7. The van der Waals surface area contributed by atoms with Gasteiger partial charge in [-0.2, -0.15) is 0 Å². The standard InChI is InChI=1S/C28H25N3O4/c32-25-10-5-14-30(25)18-20-8-4-9-22(16-20)29-26(33)21-11-12-23-24(17-21)28(35)31(27(23)34)15-13-19-6-2-1-3-7-19/h1-4,6-9,11-12,16-17H,5,10,13-15,18H2,(H,29,33). The number of hydrogen-bond donors (Lipinski definition) is 1. The Hall–Kier alpha value is -4.26. The van der Waals surface area contributed by atoms with Crippen LogP contribution in [0.3, 0.4) is 0 Å². The molecule has 0 saturated carbocycles. The SMILES string of the molecule is O=C(Nc1cccc(CN2CCCC2=O)c1)c1ccc2c(c1)C(=O)N(CCc1ccccc1)C2=O. The van der Waals surface area contributed by atoms with Gasteiger partial charge in [0.2, 0.25) is 5.91 Å². The molecule has 4 amide bonds. The molecule has 0 spiro atoms. The smallest absolute Gasteiger partial charge is 0.261 e. The van der Waals surface area contributed by atoms with E-state index in [0.29, 0.717) is 36.2 Å². The largest absolute Gasteiger partial charge is 0.338 e. The molecule has 1 saturated heterocycles. The molecule has 176 valence electrons. The van der Waals surface area contributed by atoms with Crippen molar-refractivity contribution in [2.45, 2.75) is 25.8 Å². The van der Waals surface area contributed by atoms with Gasteiger partial charge in [0.15, 0.2) is 0 Å². The highest BCUT2D eigenvalue weighted by atomic mass is 16.2. The summed E-state index contributed by atoms with van der Waals surface area (Å²) in [5.74, 6) is -0.940. The number of likely N-dealkylation sites (tertiary alicyclic amines) is 1. The maximum Gasteiger partial charge on any atom is 0.261 e. The molecular formula is C28H25N3O4. The van der Waals surface area contributed by atoms with E-state index in [1.165, 1.54) is 11.0 Å². The minimum atomic E-state index is -0.382. The minimum Gasteiger partial charge on any atom is -0.338 e. The summed E-state index contributed by atoms with van der Waals surface area (Å²) in [5.41, 5.74) is 3.44. The molecule has 0 atom stereocenters. The van der Waals surface area contributed by atoms with Crippen LogP contribution in [-0.4, -0.2) is 46.5 Å². The van der Waals surface area contributed by atoms with E-state index in [1.807, 2.05) is 53.4 Å². The summed E-state index contributed by atoms with van der Waals surface area (Å²) in [5, 5.41) is 2.86. The van der Waals surface area contributed by atoms with Gasteiger partial charge in [0, 0.05) is 37.3 Å². The lowest BCUT2D eigenvalue weighted by Crippen LogP contribution is -2.31. The Morgan fingerprint density at radius 2 is 1.60 bits per heavy atom. The van der Waals surface area contributed by atoms with Gasteiger partial charge in [-0.1, -0.05) is 42.5 Å². The summed E-state index contributed by atoms with van der Waals surface area (Å²) in [6.07, 6.45) is 2.02. The van der Waals surface area contributed by atoms with Crippen LogP contribution >= 0.6 is 0 Å². The van der Waals surface area contributed by atoms with E-state index in [1.54, 1.807) is 18.2 Å². The molecule has 2 aliphatic rings. The number of nitrogens with one attached hydrogen (secondary N) is 1. The third kappa shape index (κ3) is 4.71. The predicted octanol–water partition coefficient (Wildman–Crippen LogP) is 3.90. The Morgan fingerprint density at radius 3 is 2.37 bits per heavy atom. The van der Waals surface area contributed by atoms with Crippen LogP contribution < -0.4 is 5.32 Å². The average molecular weight is 468 g/mol. The molecule has 2 heterocycles. The molecule has 35 heavy (non-hydrogen) atoms.